The van der Waals surface area contributed by atoms with Crippen LogP contribution < -0.4 is 25.3 Å². The van der Waals surface area contributed by atoms with E-state index in [1.54, 1.807) is 0 Å². The van der Waals surface area contributed by atoms with Crippen molar-refractivity contribution >= 4 is 23.5 Å². The average Bonchev–Trinajstić information content (AvgIpc) is 3.07. The van der Waals surface area contributed by atoms with Crippen molar-refractivity contribution in [3.05, 3.63) is 47.8 Å². The number of aromatic nitrogens is 3. The van der Waals surface area contributed by atoms with E-state index in [9.17, 15) is 9.18 Å². The summed E-state index contributed by atoms with van der Waals surface area (Å²) in [5, 5.41) is 6.92. The van der Waals surface area contributed by atoms with Gasteiger partial charge in [-0.3, -0.25) is 4.79 Å². The Hall–Kier alpha value is -3.82. The van der Waals surface area contributed by atoms with Crippen molar-refractivity contribution in [3.63, 3.8) is 0 Å². The minimum absolute atomic E-state index is 0.0879. The van der Waals surface area contributed by atoms with Gasteiger partial charge in [-0.2, -0.15) is 9.67 Å². The van der Waals surface area contributed by atoms with Gasteiger partial charge in [0.2, 0.25) is 17.6 Å². The van der Waals surface area contributed by atoms with Gasteiger partial charge < -0.3 is 25.3 Å². The van der Waals surface area contributed by atoms with Gasteiger partial charge in [-0.1, -0.05) is 0 Å². The topological polar surface area (TPSA) is 114 Å². The number of carbonyl (C=O) groups excluding carboxylic acids is 1. The summed E-state index contributed by atoms with van der Waals surface area (Å²) in [4.78, 5) is 16.9. The lowest BCUT2D eigenvalue weighted by atomic mass is 10.1. The number of methoxy groups -OCH3 is 3. The van der Waals surface area contributed by atoms with Gasteiger partial charge in [-0.05, 0) is 36.4 Å². The van der Waals surface area contributed by atoms with Crippen LogP contribution in [0.4, 0.5) is 22.0 Å². The summed E-state index contributed by atoms with van der Waals surface area (Å²) in [5.74, 6) is 0.0275. The maximum atomic E-state index is 13.0. The molecule has 0 aliphatic heterocycles. The standard InChI is InChI=1S/C18H18FN5O4/c1-26-13-8-10(9-14(27-2)15(13)28-3)16(25)24-17(20)22-18(23-24)21-12-6-4-11(19)5-7-12/h4-9H,1-3H3,(H3,20,21,22,23). The number of anilines is 3. The Kier molecular flexibility index (Phi) is 5.30. The van der Waals surface area contributed by atoms with Crippen molar-refractivity contribution in [2.45, 2.75) is 0 Å². The van der Waals surface area contributed by atoms with E-state index >= 15 is 0 Å². The largest absolute Gasteiger partial charge is 0.493 e. The lowest BCUT2D eigenvalue weighted by Crippen LogP contribution is -2.17. The van der Waals surface area contributed by atoms with Crippen molar-refractivity contribution in [3.8, 4) is 17.2 Å². The molecule has 0 atom stereocenters. The summed E-state index contributed by atoms with van der Waals surface area (Å²) >= 11 is 0. The second-order valence-corrected chi connectivity index (χ2v) is 5.56. The number of ether oxygens (including phenoxy) is 3. The maximum absolute atomic E-state index is 13.0. The van der Waals surface area contributed by atoms with Gasteiger partial charge in [-0.25, -0.2) is 4.39 Å². The number of benzene rings is 2. The van der Waals surface area contributed by atoms with Crippen LogP contribution in [-0.4, -0.2) is 42.0 Å². The highest BCUT2D eigenvalue weighted by Gasteiger charge is 2.21. The molecule has 0 aliphatic rings. The smallest absolute Gasteiger partial charge is 0.281 e. The highest BCUT2D eigenvalue weighted by Crippen LogP contribution is 2.38. The molecule has 1 heterocycles. The minimum atomic E-state index is -0.545. The molecule has 1 aromatic heterocycles. The fourth-order valence-corrected chi connectivity index (χ4v) is 2.52. The molecule has 0 radical (unpaired) electrons. The molecule has 0 spiro atoms. The van der Waals surface area contributed by atoms with Crippen LogP contribution in [0.2, 0.25) is 0 Å². The van der Waals surface area contributed by atoms with Crippen LogP contribution in [0.25, 0.3) is 0 Å². The number of nitrogens with one attached hydrogen (secondary N) is 1. The molecule has 0 bridgehead atoms. The van der Waals surface area contributed by atoms with Crippen LogP contribution in [0.15, 0.2) is 36.4 Å². The molecule has 0 unspecified atom stereocenters. The van der Waals surface area contributed by atoms with Crippen LogP contribution >= 0.6 is 0 Å². The van der Waals surface area contributed by atoms with Crippen LogP contribution in [0.3, 0.4) is 0 Å². The quantitative estimate of drug-likeness (QED) is 0.663. The fraction of sp³-hybridized carbons (Fsp3) is 0.167. The first-order chi connectivity index (χ1) is 13.5. The van der Waals surface area contributed by atoms with Crippen LogP contribution in [0.1, 0.15) is 10.4 Å². The highest BCUT2D eigenvalue weighted by molar-refractivity contribution is 5.98. The molecule has 3 rings (SSSR count). The number of hydrogen-bond donors (Lipinski definition) is 2. The molecule has 0 amide bonds. The van der Waals surface area contributed by atoms with E-state index in [0.29, 0.717) is 22.9 Å². The van der Waals surface area contributed by atoms with Crippen LogP contribution in [0.5, 0.6) is 17.2 Å². The zero-order valence-corrected chi connectivity index (χ0v) is 15.4. The Bertz CT molecular complexity index is 979. The normalized spacial score (nSPS) is 10.4. The minimum Gasteiger partial charge on any atom is -0.493 e. The Labute approximate surface area is 159 Å². The Morgan fingerprint density at radius 3 is 2.21 bits per heavy atom. The molecule has 0 saturated heterocycles. The van der Waals surface area contributed by atoms with Gasteiger partial charge >= 0.3 is 0 Å². The molecule has 3 N–H and O–H groups in total. The number of rotatable bonds is 6. The number of nitrogens with zero attached hydrogens (tertiary/aromatic N) is 3. The van der Waals surface area contributed by atoms with Crippen molar-refractivity contribution in [2.24, 2.45) is 0 Å². The molecular formula is C18H18FN5O4. The average molecular weight is 387 g/mol. The molecule has 9 nitrogen and oxygen atoms in total. The molecule has 28 heavy (non-hydrogen) atoms. The van der Waals surface area contributed by atoms with E-state index in [2.05, 4.69) is 15.4 Å². The van der Waals surface area contributed by atoms with Gasteiger partial charge in [0.15, 0.2) is 11.5 Å². The third-order valence-electron chi connectivity index (χ3n) is 3.84. The summed E-state index contributed by atoms with van der Waals surface area (Å²) in [6.07, 6.45) is 0. The summed E-state index contributed by atoms with van der Waals surface area (Å²) in [6.45, 7) is 0. The van der Waals surface area contributed by atoms with Crippen LogP contribution in [0, 0.1) is 5.82 Å². The lowest BCUT2D eigenvalue weighted by molar-refractivity contribution is 0.0947. The van der Waals surface area contributed by atoms with E-state index in [-0.39, 0.29) is 23.3 Å². The highest BCUT2D eigenvalue weighted by atomic mass is 19.1. The van der Waals surface area contributed by atoms with Gasteiger partial charge in [0.25, 0.3) is 5.91 Å². The Morgan fingerprint density at radius 2 is 1.68 bits per heavy atom. The Morgan fingerprint density at radius 1 is 1.07 bits per heavy atom. The second-order valence-electron chi connectivity index (χ2n) is 5.56. The van der Waals surface area contributed by atoms with E-state index in [1.165, 1.54) is 57.7 Å². The first-order valence-corrected chi connectivity index (χ1v) is 8.06. The molecule has 3 aromatic rings. The van der Waals surface area contributed by atoms with Gasteiger partial charge in [0.05, 0.1) is 21.3 Å². The van der Waals surface area contributed by atoms with E-state index in [1.807, 2.05) is 0 Å². The summed E-state index contributed by atoms with van der Waals surface area (Å²) < 4.78 is 29.7. The summed E-state index contributed by atoms with van der Waals surface area (Å²) in [7, 11) is 4.35. The molecule has 0 fully saturated rings. The lowest BCUT2D eigenvalue weighted by Gasteiger charge is -2.13. The van der Waals surface area contributed by atoms with Crippen molar-refractivity contribution < 1.29 is 23.4 Å². The van der Waals surface area contributed by atoms with Crippen molar-refractivity contribution in [2.75, 3.05) is 32.4 Å². The van der Waals surface area contributed by atoms with E-state index in [4.69, 9.17) is 19.9 Å². The Balaban J connectivity index is 1.92. The van der Waals surface area contributed by atoms with Gasteiger partial charge in [-0.15, -0.1) is 5.10 Å². The van der Waals surface area contributed by atoms with E-state index < -0.39 is 5.91 Å². The fourth-order valence-electron chi connectivity index (χ4n) is 2.52. The summed E-state index contributed by atoms with van der Waals surface area (Å²) in [6, 6.07) is 8.55. The SMILES string of the molecule is COc1cc(C(=O)n2nc(Nc3ccc(F)cc3)nc2N)cc(OC)c1OC. The molecule has 10 heteroatoms. The van der Waals surface area contributed by atoms with Gasteiger partial charge in [0.1, 0.15) is 5.82 Å². The monoisotopic (exact) mass is 387 g/mol. The number of halogens is 1. The third kappa shape index (κ3) is 3.65. The summed E-state index contributed by atoms with van der Waals surface area (Å²) in [5.41, 5.74) is 6.58. The second kappa shape index (κ2) is 7.82. The predicted molar refractivity (Wildman–Crippen MR) is 99.9 cm³/mol. The number of hydrogen-bond acceptors (Lipinski definition) is 8. The number of nitrogen functional groups attached to an aromatic ring is 1. The van der Waals surface area contributed by atoms with Gasteiger partial charge in [0, 0.05) is 11.3 Å². The number of carbonyl (C=O) groups is 1. The first kappa shape index (κ1) is 19.0. The molecular weight excluding hydrogens is 369 g/mol. The zero-order chi connectivity index (χ0) is 20.3. The first-order valence-electron chi connectivity index (χ1n) is 8.06. The van der Waals surface area contributed by atoms with Crippen molar-refractivity contribution in [1.82, 2.24) is 14.8 Å². The third-order valence-corrected chi connectivity index (χ3v) is 3.84. The number of nitrogens with two attached hydrogens (primary N) is 1. The van der Waals surface area contributed by atoms with E-state index in [0.717, 1.165) is 4.68 Å². The zero-order valence-electron chi connectivity index (χ0n) is 15.4. The molecule has 0 aliphatic carbocycles. The maximum Gasteiger partial charge on any atom is 0.281 e. The molecule has 146 valence electrons. The molecule has 2 aromatic carbocycles. The van der Waals surface area contributed by atoms with Crippen molar-refractivity contribution in [1.29, 1.82) is 0 Å². The predicted octanol–water partition coefficient (Wildman–Crippen LogP) is 2.46. The van der Waals surface area contributed by atoms with Crippen LogP contribution in [-0.2, 0) is 0 Å². The molecule has 0 saturated carbocycles.